The summed E-state index contributed by atoms with van der Waals surface area (Å²) in [5, 5.41) is 3.08. The van der Waals surface area contributed by atoms with E-state index in [0.717, 1.165) is 67.1 Å². The lowest BCUT2D eigenvalue weighted by Crippen LogP contribution is -2.45. The zero-order valence-electron chi connectivity index (χ0n) is 25.6. The third-order valence-corrected chi connectivity index (χ3v) is 10.8. The standard InChI is InChI=1S/C33H44N6O3S/c1-4-32-35-30-23-36(43(3,41)42)20-17-31(30)39(32)29-21-27-15-16-28(22-29)37(27)18-8-19-38(26-9-6-5-7-10-26)33(40)34-25-13-11-24(2)12-14-25/h5-7,9-14,27-29H,4,8,15-23H2,1-3H3,(H,34,40). The Kier molecular flexibility index (Phi) is 8.62. The normalized spacial score (nSPS) is 22.3. The zero-order chi connectivity index (χ0) is 30.1. The van der Waals surface area contributed by atoms with Gasteiger partial charge in [-0.15, -0.1) is 0 Å². The molecule has 2 fully saturated rings. The van der Waals surface area contributed by atoms with E-state index in [-0.39, 0.29) is 6.03 Å². The first-order valence-electron chi connectivity index (χ1n) is 15.7. The smallest absolute Gasteiger partial charge is 0.326 e. The van der Waals surface area contributed by atoms with E-state index in [9.17, 15) is 13.2 Å². The number of hydrogen-bond acceptors (Lipinski definition) is 5. The monoisotopic (exact) mass is 604 g/mol. The number of hydrogen-bond donors (Lipinski definition) is 1. The summed E-state index contributed by atoms with van der Waals surface area (Å²) >= 11 is 0. The van der Waals surface area contributed by atoms with E-state index in [2.05, 4.69) is 21.7 Å². The number of carbonyl (C=O) groups is 1. The summed E-state index contributed by atoms with van der Waals surface area (Å²) in [5.74, 6) is 1.09. The number of sulfonamides is 1. The molecule has 0 spiro atoms. The SMILES string of the molecule is CCc1nc2c(n1C1CC3CCC(C1)N3CCCN(C(=O)Nc1ccc(C)cc1)c1ccccc1)CCN(S(C)(=O)=O)C2. The number of nitrogens with one attached hydrogen (secondary N) is 1. The van der Waals surface area contributed by atoms with Gasteiger partial charge in [0.05, 0.1) is 18.5 Å². The second-order valence-corrected chi connectivity index (χ2v) is 14.4. The molecule has 2 aromatic carbocycles. The predicted molar refractivity (Wildman–Crippen MR) is 171 cm³/mol. The van der Waals surface area contributed by atoms with Crippen molar-refractivity contribution in [1.29, 1.82) is 0 Å². The molecular weight excluding hydrogens is 560 g/mol. The predicted octanol–water partition coefficient (Wildman–Crippen LogP) is 5.37. The van der Waals surface area contributed by atoms with E-state index in [4.69, 9.17) is 4.98 Å². The van der Waals surface area contributed by atoms with Crippen molar-refractivity contribution in [3.63, 3.8) is 0 Å². The minimum absolute atomic E-state index is 0.108. The maximum absolute atomic E-state index is 13.4. The van der Waals surface area contributed by atoms with Gasteiger partial charge in [-0.3, -0.25) is 9.80 Å². The Morgan fingerprint density at radius 1 is 1.02 bits per heavy atom. The third-order valence-electron chi connectivity index (χ3n) is 9.51. The molecule has 1 N–H and O–H groups in total. The van der Waals surface area contributed by atoms with Crippen molar-refractivity contribution in [2.24, 2.45) is 0 Å². The number of fused-ring (bicyclic) bond motifs is 3. The van der Waals surface area contributed by atoms with Crippen LogP contribution >= 0.6 is 0 Å². The van der Waals surface area contributed by atoms with Crippen LogP contribution in [0.4, 0.5) is 16.2 Å². The molecule has 4 heterocycles. The van der Waals surface area contributed by atoms with Crippen LogP contribution in [0.3, 0.4) is 0 Å². The minimum atomic E-state index is -3.23. The number of carbonyl (C=O) groups excluding carboxylic acids is 1. The van der Waals surface area contributed by atoms with Crippen LogP contribution < -0.4 is 10.2 Å². The quantitative estimate of drug-likeness (QED) is 0.355. The highest BCUT2D eigenvalue weighted by atomic mass is 32.2. The number of benzene rings is 2. The van der Waals surface area contributed by atoms with E-state index in [1.54, 1.807) is 4.31 Å². The molecule has 10 heteroatoms. The topological polar surface area (TPSA) is 90.8 Å². The number of imidazole rings is 1. The van der Waals surface area contributed by atoms with Crippen molar-refractivity contribution >= 4 is 27.4 Å². The molecule has 230 valence electrons. The molecule has 0 aliphatic carbocycles. The molecular formula is C33H44N6O3S. The van der Waals surface area contributed by atoms with Crippen molar-refractivity contribution < 1.29 is 13.2 Å². The average Bonchev–Trinajstić information content (AvgIpc) is 3.48. The molecule has 3 aliphatic rings. The highest BCUT2D eigenvalue weighted by molar-refractivity contribution is 7.88. The Balaban J connectivity index is 1.11. The summed E-state index contributed by atoms with van der Waals surface area (Å²) in [4.78, 5) is 22.9. The van der Waals surface area contributed by atoms with Gasteiger partial charge in [0, 0.05) is 67.7 Å². The lowest BCUT2D eigenvalue weighted by atomic mass is 9.95. The largest absolute Gasteiger partial charge is 0.328 e. The van der Waals surface area contributed by atoms with Crippen LogP contribution in [0.1, 0.15) is 67.8 Å². The Labute approximate surface area is 255 Å². The number of urea groups is 1. The molecule has 2 atom stereocenters. The Morgan fingerprint density at radius 3 is 2.37 bits per heavy atom. The summed E-state index contributed by atoms with van der Waals surface area (Å²) in [6.07, 6.45) is 8.37. The molecule has 43 heavy (non-hydrogen) atoms. The van der Waals surface area contributed by atoms with Crippen LogP contribution in [0.5, 0.6) is 0 Å². The van der Waals surface area contributed by atoms with Crippen molar-refractivity contribution in [3.8, 4) is 0 Å². The van der Waals surface area contributed by atoms with Gasteiger partial charge in [-0.1, -0.05) is 42.8 Å². The van der Waals surface area contributed by atoms with Crippen molar-refractivity contribution in [1.82, 2.24) is 18.8 Å². The Morgan fingerprint density at radius 2 is 1.72 bits per heavy atom. The first-order chi connectivity index (χ1) is 20.7. The second kappa shape index (κ2) is 12.4. The van der Waals surface area contributed by atoms with E-state index < -0.39 is 10.0 Å². The van der Waals surface area contributed by atoms with Gasteiger partial charge in [0.1, 0.15) is 5.82 Å². The van der Waals surface area contributed by atoms with Crippen LogP contribution in [-0.4, -0.2) is 71.2 Å². The molecule has 0 saturated carbocycles. The number of aryl methyl sites for hydroxylation is 2. The minimum Gasteiger partial charge on any atom is -0.328 e. The summed E-state index contributed by atoms with van der Waals surface area (Å²) in [7, 11) is -3.23. The Bertz CT molecular complexity index is 1520. The number of amides is 2. The Hall–Kier alpha value is -3.21. The fraction of sp³-hybridized carbons (Fsp3) is 0.515. The van der Waals surface area contributed by atoms with E-state index in [1.165, 1.54) is 24.8 Å². The highest BCUT2D eigenvalue weighted by Crippen LogP contribution is 2.42. The number of nitrogens with zero attached hydrogens (tertiary/aromatic N) is 5. The van der Waals surface area contributed by atoms with Crippen LogP contribution in [0.25, 0.3) is 0 Å². The van der Waals surface area contributed by atoms with Crippen LogP contribution in [0, 0.1) is 6.92 Å². The number of rotatable bonds is 9. The molecule has 0 radical (unpaired) electrons. The molecule has 2 amide bonds. The first kappa shape index (κ1) is 29.8. The highest BCUT2D eigenvalue weighted by Gasteiger charge is 2.42. The van der Waals surface area contributed by atoms with Gasteiger partial charge in [-0.2, -0.15) is 4.31 Å². The number of piperidine rings is 1. The van der Waals surface area contributed by atoms with Crippen molar-refractivity contribution in [3.05, 3.63) is 77.4 Å². The fourth-order valence-corrected chi connectivity index (χ4v) is 8.20. The molecule has 9 nitrogen and oxygen atoms in total. The summed E-state index contributed by atoms with van der Waals surface area (Å²) < 4.78 is 28.4. The maximum Gasteiger partial charge on any atom is 0.326 e. The fourth-order valence-electron chi connectivity index (χ4n) is 7.42. The second-order valence-electron chi connectivity index (χ2n) is 12.4. The molecule has 3 aromatic rings. The van der Waals surface area contributed by atoms with Crippen LogP contribution in [0.2, 0.25) is 0 Å². The van der Waals surface area contributed by atoms with Crippen molar-refractivity contribution in [2.75, 3.05) is 36.1 Å². The number of para-hydroxylation sites is 1. The summed E-state index contributed by atoms with van der Waals surface area (Å²) in [5.41, 5.74) is 5.05. The van der Waals surface area contributed by atoms with E-state index >= 15 is 0 Å². The zero-order valence-corrected chi connectivity index (χ0v) is 26.4. The first-order valence-corrected chi connectivity index (χ1v) is 17.6. The summed E-state index contributed by atoms with van der Waals surface area (Å²) in [6.45, 7) is 6.72. The van der Waals surface area contributed by atoms with E-state index in [0.29, 0.717) is 37.8 Å². The third kappa shape index (κ3) is 6.37. The molecule has 3 aliphatic heterocycles. The molecule has 2 bridgehead atoms. The van der Waals surface area contributed by atoms with Crippen molar-refractivity contribution in [2.45, 2.75) is 83.5 Å². The van der Waals surface area contributed by atoms with E-state index in [1.807, 2.05) is 66.4 Å². The van der Waals surface area contributed by atoms with Gasteiger partial charge in [0.2, 0.25) is 10.0 Å². The number of anilines is 2. The van der Waals surface area contributed by atoms with Crippen LogP contribution in [0.15, 0.2) is 54.6 Å². The van der Waals surface area contributed by atoms with Crippen LogP contribution in [-0.2, 0) is 29.4 Å². The van der Waals surface area contributed by atoms with Gasteiger partial charge in [-0.05, 0) is 63.3 Å². The van der Waals surface area contributed by atoms with Gasteiger partial charge in [0.15, 0.2) is 0 Å². The van der Waals surface area contributed by atoms with Gasteiger partial charge >= 0.3 is 6.03 Å². The number of aromatic nitrogens is 2. The maximum atomic E-state index is 13.4. The molecule has 2 saturated heterocycles. The van der Waals surface area contributed by atoms with Gasteiger partial charge in [0.25, 0.3) is 0 Å². The molecule has 2 unspecified atom stereocenters. The summed E-state index contributed by atoms with van der Waals surface area (Å²) in [6, 6.07) is 19.2. The van der Waals surface area contributed by atoms with Gasteiger partial charge in [-0.25, -0.2) is 18.2 Å². The average molecular weight is 605 g/mol. The molecule has 1 aromatic heterocycles. The lowest BCUT2D eigenvalue weighted by Gasteiger charge is -2.41. The van der Waals surface area contributed by atoms with Gasteiger partial charge < -0.3 is 9.88 Å². The molecule has 6 rings (SSSR count). The lowest BCUT2D eigenvalue weighted by molar-refractivity contribution is 0.104.